The summed E-state index contributed by atoms with van der Waals surface area (Å²) in [4.78, 5) is 14.2. The van der Waals surface area contributed by atoms with Crippen molar-refractivity contribution in [1.82, 2.24) is 19.9 Å². The molecule has 4 aromatic rings. The third-order valence-corrected chi connectivity index (χ3v) is 4.82. The van der Waals surface area contributed by atoms with Gasteiger partial charge in [-0.3, -0.25) is 4.79 Å². The molecule has 0 saturated carbocycles. The van der Waals surface area contributed by atoms with Crippen LogP contribution in [0.5, 0.6) is 5.75 Å². The first-order chi connectivity index (χ1) is 14.6. The van der Waals surface area contributed by atoms with Gasteiger partial charge in [0.2, 0.25) is 0 Å². The standard InChI is InChI=1S/C23H21FN4O2/c1-27(14-15-30-22-9-5-2-6-19(22)24)23(29)18-12-10-17(11-13-18)16-28-21-8-4-3-7-20(21)25-26-28/h2-13H,14-16H2,1H3. The highest BCUT2D eigenvalue weighted by Crippen LogP contribution is 2.16. The van der Waals surface area contributed by atoms with Crippen molar-refractivity contribution in [3.05, 3.63) is 89.7 Å². The zero-order chi connectivity index (χ0) is 20.9. The number of nitrogens with zero attached hydrogens (tertiary/aromatic N) is 4. The first kappa shape index (κ1) is 19.6. The van der Waals surface area contributed by atoms with Gasteiger partial charge < -0.3 is 9.64 Å². The number of hydrogen-bond acceptors (Lipinski definition) is 4. The fraction of sp³-hybridized carbons (Fsp3) is 0.174. The summed E-state index contributed by atoms with van der Waals surface area (Å²) < 4.78 is 20.8. The maximum absolute atomic E-state index is 13.6. The van der Waals surface area contributed by atoms with E-state index < -0.39 is 5.82 Å². The van der Waals surface area contributed by atoms with Crippen molar-refractivity contribution in [1.29, 1.82) is 0 Å². The van der Waals surface area contributed by atoms with Gasteiger partial charge in [0.05, 0.1) is 18.6 Å². The van der Waals surface area contributed by atoms with Gasteiger partial charge in [-0.25, -0.2) is 9.07 Å². The first-order valence-electron chi connectivity index (χ1n) is 9.62. The maximum Gasteiger partial charge on any atom is 0.253 e. The van der Waals surface area contributed by atoms with E-state index in [-0.39, 0.29) is 18.3 Å². The molecule has 0 atom stereocenters. The van der Waals surface area contributed by atoms with Crippen molar-refractivity contribution >= 4 is 16.9 Å². The smallest absolute Gasteiger partial charge is 0.253 e. The van der Waals surface area contributed by atoms with E-state index in [0.29, 0.717) is 18.7 Å². The molecule has 1 amide bonds. The molecule has 0 saturated heterocycles. The summed E-state index contributed by atoms with van der Waals surface area (Å²) in [5.74, 6) is -0.351. The SMILES string of the molecule is CN(CCOc1ccccc1F)C(=O)c1ccc(Cn2nnc3ccccc32)cc1. The van der Waals surface area contributed by atoms with Crippen molar-refractivity contribution in [2.45, 2.75) is 6.54 Å². The van der Waals surface area contributed by atoms with E-state index >= 15 is 0 Å². The molecule has 4 rings (SSSR count). The largest absolute Gasteiger partial charge is 0.489 e. The summed E-state index contributed by atoms with van der Waals surface area (Å²) in [6.07, 6.45) is 0. The number of halogens is 1. The molecular weight excluding hydrogens is 383 g/mol. The Morgan fingerprint density at radius 1 is 1.03 bits per heavy atom. The van der Waals surface area contributed by atoms with Gasteiger partial charge in [-0.2, -0.15) is 0 Å². The zero-order valence-corrected chi connectivity index (χ0v) is 16.5. The summed E-state index contributed by atoms with van der Waals surface area (Å²) in [5, 5.41) is 8.35. The van der Waals surface area contributed by atoms with Gasteiger partial charge in [-0.05, 0) is 42.0 Å². The van der Waals surface area contributed by atoms with Gasteiger partial charge in [0.1, 0.15) is 12.1 Å². The Morgan fingerprint density at radius 2 is 1.77 bits per heavy atom. The summed E-state index contributed by atoms with van der Waals surface area (Å²) in [7, 11) is 1.70. The normalized spacial score (nSPS) is 10.9. The topological polar surface area (TPSA) is 60.2 Å². The lowest BCUT2D eigenvalue weighted by Crippen LogP contribution is -2.30. The van der Waals surface area contributed by atoms with Gasteiger partial charge in [0.15, 0.2) is 11.6 Å². The molecule has 152 valence electrons. The van der Waals surface area contributed by atoms with Crippen LogP contribution >= 0.6 is 0 Å². The Balaban J connectivity index is 1.34. The van der Waals surface area contributed by atoms with Crippen LogP contribution in [0.1, 0.15) is 15.9 Å². The molecule has 7 heteroatoms. The number of benzene rings is 3. The van der Waals surface area contributed by atoms with Gasteiger partial charge in [0, 0.05) is 12.6 Å². The monoisotopic (exact) mass is 404 g/mol. The number of fused-ring (bicyclic) bond motifs is 1. The molecule has 0 aliphatic rings. The van der Waals surface area contributed by atoms with E-state index in [1.807, 2.05) is 41.1 Å². The highest BCUT2D eigenvalue weighted by atomic mass is 19.1. The minimum atomic E-state index is -0.415. The number of hydrogen-bond donors (Lipinski definition) is 0. The second kappa shape index (κ2) is 8.73. The third-order valence-electron chi connectivity index (χ3n) is 4.82. The lowest BCUT2D eigenvalue weighted by Gasteiger charge is -2.18. The second-order valence-electron chi connectivity index (χ2n) is 6.94. The number of carbonyl (C=O) groups excluding carboxylic acids is 1. The van der Waals surface area contributed by atoms with Gasteiger partial charge in [0.25, 0.3) is 5.91 Å². The van der Waals surface area contributed by atoms with Gasteiger partial charge in [-0.1, -0.05) is 41.6 Å². The molecular formula is C23H21FN4O2. The van der Waals surface area contributed by atoms with Crippen molar-refractivity contribution in [3.63, 3.8) is 0 Å². The van der Waals surface area contributed by atoms with E-state index in [9.17, 15) is 9.18 Å². The predicted molar refractivity (Wildman–Crippen MR) is 112 cm³/mol. The molecule has 0 radical (unpaired) electrons. The Labute approximate surface area is 173 Å². The highest BCUT2D eigenvalue weighted by Gasteiger charge is 2.12. The number of carbonyl (C=O) groups is 1. The summed E-state index contributed by atoms with van der Waals surface area (Å²) in [6.45, 7) is 1.13. The quantitative estimate of drug-likeness (QED) is 0.471. The summed E-state index contributed by atoms with van der Waals surface area (Å²) in [6, 6.07) is 21.4. The van der Waals surface area contributed by atoms with Crippen LogP contribution < -0.4 is 4.74 Å². The predicted octanol–water partition coefficient (Wildman–Crippen LogP) is 3.77. The summed E-state index contributed by atoms with van der Waals surface area (Å²) in [5.41, 5.74) is 3.42. The van der Waals surface area contributed by atoms with E-state index in [0.717, 1.165) is 16.6 Å². The molecule has 3 aromatic carbocycles. The molecule has 0 aliphatic heterocycles. The highest BCUT2D eigenvalue weighted by molar-refractivity contribution is 5.94. The minimum absolute atomic E-state index is 0.120. The summed E-state index contributed by atoms with van der Waals surface area (Å²) >= 11 is 0. The molecule has 0 bridgehead atoms. The molecule has 0 fully saturated rings. The van der Waals surface area contributed by atoms with Crippen LogP contribution in [0.15, 0.2) is 72.8 Å². The Kier molecular flexibility index (Phi) is 5.70. The number of rotatable bonds is 7. The van der Waals surface area contributed by atoms with Crippen LogP contribution in [0.3, 0.4) is 0 Å². The van der Waals surface area contributed by atoms with Crippen molar-refractivity contribution in [2.75, 3.05) is 20.2 Å². The lowest BCUT2D eigenvalue weighted by atomic mass is 10.1. The Hall–Kier alpha value is -3.74. The molecule has 30 heavy (non-hydrogen) atoms. The first-order valence-corrected chi connectivity index (χ1v) is 9.62. The molecule has 6 nitrogen and oxygen atoms in total. The van der Waals surface area contributed by atoms with E-state index in [1.54, 1.807) is 42.3 Å². The fourth-order valence-corrected chi connectivity index (χ4v) is 3.14. The van der Waals surface area contributed by atoms with Crippen LogP contribution in [0.25, 0.3) is 11.0 Å². The number of para-hydroxylation sites is 2. The van der Waals surface area contributed by atoms with Crippen LogP contribution in [-0.2, 0) is 6.54 Å². The molecule has 0 aliphatic carbocycles. The third kappa shape index (κ3) is 4.30. The number of amides is 1. The van der Waals surface area contributed by atoms with Crippen molar-refractivity contribution < 1.29 is 13.9 Å². The zero-order valence-electron chi connectivity index (χ0n) is 16.5. The fourth-order valence-electron chi connectivity index (χ4n) is 3.14. The van der Waals surface area contributed by atoms with Gasteiger partial charge >= 0.3 is 0 Å². The van der Waals surface area contributed by atoms with Crippen LogP contribution in [-0.4, -0.2) is 46.0 Å². The second-order valence-corrected chi connectivity index (χ2v) is 6.94. The average Bonchev–Trinajstić information content (AvgIpc) is 3.18. The lowest BCUT2D eigenvalue weighted by molar-refractivity contribution is 0.0773. The molecule has 0 unspecified atom stereocenters. The van der Waals surface area contributed by atoms with Crippen molar-refractivity contribution in [3.8, 4) is 5.75 Å². The van der Waals surface area contributed by atoms with Crippen LogP contribution in [0.2, 0.25) is 0 Å². The van der Waals surface area contributed by atoms with Crippen LogP contribution in [0.4, 0.5) is 4.39 Å². The maximum atomic E-state index is 13.6. The number of likely N-dealkylation sites (N-methyl/N-ethyl adjacent to an activating group) is 1. The van der Waals surface area contributed by atoms with E-state index in [4.69, 9.17) is 4.74 Å². The molecule has 1 heterocycles. The van der Waals surface area contributed by atoms with Crippen molar-refractivity contribution in [2.24, 2.45) is 0 Å². The Morgan fingerprint density at radius 3 is 2.57 bits per heavy atom. The van der Waals surface area contributed by atoms with Gasteiger partial charge in [-0.15, -0.1) is 5.10 Å². The number of aromatic nitrogens is 3. The average molecular weight is 404 g/mol. The number of ether oxygens (including phenoxy) is 1. The Bertz CT molecular complexity index is 1160. The minimum Gasteiger partial charge on any atom is -0.489 e. The van der Waals surface area contributed by atoms with E-state index in [1.165, 1.54) is 6.07 Å². The molecule has 0 spiro atoms. The molecule has 1 aromatic heterocycles. The van der Waals surface area contributed by atoms with E-state index in [2.05, 4.69) is 10.3 Å². The molecule has 0 N–H and O–H groups in total. The van der Waals surface area contributed by atoms with Crippen LogP contribution in [0, 0.1) is 5.82 Å².